The molecule has 120 valence electrons. The second-order valence-corrected chi connectivity index (χ2v) is 7.68. The van der Waals surface area contributed by atoms with Crippen molar-refractivity contribution >= 4 is 0 Å². The van der Waals surface area contributed by atoms with E-state index in [1.54, 1.807) is 0 Å². The molecule has 1 fully saturated rings. The van der Waals surface area contributed by atoms with E-state index in [4.69, 9.17) is 0 Å². The predicted molar refractivity (Wildman–Crippen MR) is 90.2 cm³/mol. The van der Waals surface area contributed by atoms with Gasteiger partial charge in [0, 0.05) is 12.6 Å². The van der Waals surface area contributed by atoms with Crippen molar-refractivity contribution in [1.82, 2.24) is 10.2 Å². The van der Waals surface area contributed by atoms with E-state index in [2.05, 4.69) is 51.8 Å². The monoisotopic (exact) mass is 282 g/mol. The molecule has 0 amide bonds. The molecular weight excluding hydrogens is 244 g/mol. The Labute approximate surface area is 127 Å². The molecule has 20 heavy (non-hydrogen) atoms. The smallest absolute Gasteiger partial charge is 0.0108 e. The normalized spacial score (nSPS) is 28.1. The van der Waals surface area contributed by atoms with Gasteiger partial charge in [0.25, 0.3) is 0 Å². The Hall–Kier alpha value is -0.0800. The van der Waals surface area contributed by atoms with Gasteiger partial charge in [0.1, 0.15) is 0 Å². The van der Waals surface area contributed by atoms with Crippen LogP contribution in [0, 0.1) is 17.3 Å². The molecule has 0 spiro atoms. The first-order valence-corrected chi connectivity index (χ1v) is 8.88. The molecule has 0 aromatic carbocycles. The van der Waals surface area contributed by atoms with Crippen LogP contribution in [0.15, 0.2) is 0 Å². The largest absolute Gasteiger partial charge is 0.314 e. The molecule has 1 rings (SSSR count). The van der Waals surface area contributed by atoms with E-state index in [0.29, 0.717) is 5.41 Å². The van der Waals surface area contributed by atoms with E-state index in [1.807, 2.05) is 0 Å². The summed E-state index contributed by atoms with van der Waals surface area (Å²) < 4.78 is 0. The second-order valence-electron chi connectivity index (χ2n) is 7.68. The van der Waals surface area contributed by atoms with Crippen LogP contribution < -0.4 is 5.32 Å². The minimum atomic E-state index is 0.469. The SMILES string of the molecule is CCCNC1CCC(C(C)(C)C)CC1CN(CC)CC. The van der Waals surface area contributed by atoms with Crippen molar-refractivity contribution < 1.29 is 0 Å². The van der Waals surface area contributed by atoms with Gasteiger partial charge >= 0.3 is 0 Å². The zero-order valence-corrected chi connectivity index (χ0v) is 14.8. The summed E-state index contributed by atoms with van der Waals surface area (Å²) in [6, 6.07) is 0.745. The lowest BCUT2D eigenvalue weighted by atomic mass is 9.67. The Morgan fingerprint density at radius 3 is 2.20 bits per heavy atom. The highest BCUT2D eigenvalue weighted by Crippen LogP contribution is 2.40. The fourth-order valence-corrected chi connectivity index (χ4v) is 3.66. The first-order valence-electron chi connectivity index (χ1n) is 8.88. The van der Waals surface area contributed by atoms with Gasteiger partial charge in [-0.1, -0.05) is 41.5 Å². The second kappa shape index (κ2) is 8.38. The Bertz CT molecular complexity index is 253. The molecule has 1 N–H and O–H groups in total. The molecule has 3 unspecified atom stereocenters. The molecule has 2 nitrogen and oxygen atoms in total. The zero-order valence-electron chi connectivity index (χ0n) is 14.8. The summed E-state index contributed by atoms with van der Waals surface area (Å²) >= 11 is 0. The van der Waals surface area contributed by atoms with Crippen molar-refractivity contribution in [3.05, 3.63) is 0 Å². The van der Waals surface area contributed by atoms with Crippen molar-refractivity contribution in [3.8, 4) is 0 Å². The van der Waals surface area contributed by atoms with Crippen LogP contribution in [-0.4, -0.2) is 37.1 Å². The molecule has 3 atom stereocenters. The van der Waals surface area contributed by atoms with E-state index in [9.17, 15) is 0 Å². The molecule has 1 aliphatic rings. The summed E-state index contributed by atoms with van der Waals surface area (Å²) in [5.74, 6) is 1.72. The number of nitrogens with one attached hydrogen (secondary N) is 1. The van der Waals surface area contributed by atoms with Crippen molar-refractivity contribution in [2.24, 2.45) is 17.3 Å². The van der Waals surface area contributed by atoms with Gasteiger partial charge in [-0.2, -0.15) is 0 Å². The van der Waals surface area contributed by atoms with E-state index in [-0.39, 0.29) is 0 Å². The average Bonchev–Trinajstić information content (AvgIpc) is 2.41. The number of nitrogens with zero attached hydrogens (tertiary/aromatic N) is 1. The lowest BCUT2D eigenvalue weighted by Crippen LogP contribution is -2.47. The van der Waals surface area contributed by atoms with Gasteiger partial charge in [0.2, 0.25) is 0 Å². The average molecular weight is 283 g/mol. The lowest BCUT2D eigenvalue weighted by Gasteiger charge is -2.43. The maximum Gasteiger partial charge on any atom is 0.0108 e. The Kier molecular flexibility index (Phi) is 7.53. The minimum absolute atomic E-state index is 0.469. The maximum atomic E-state index is 3.82. The van der Waals surface area contributed by atoms with Crippen molar-refractivity contribution in [3.63, 3.8) is 0 Å². The fourth-order valence-electron chi connectivity index (χ4n) is 3.66. The van der Waals surface area contributed by atoms with Gasteiger partial charge in [-0.3, -0.25) is 0 Å². The van der Waals surface area contributed by atoms with Crippen molar-refractivity contribution in [2.45, 2.75) is 73.3 Å². The number of rotatable bonds is 7. The van der Waals surface area contributed by atoms with Gasteiger partial charge < -0.3 is 10.2 Å². The third kappa shape index (κ3) is 5.37. The summed E-state index contributed by atoms with van der Waals surface area (Å²) in [6.07, 6.45) is 5.42. The number of hydrogen-bond donors (Lipinski definition) is 1. The molecule has 0 radical (unpaired) electrons. The van der Waals surface area contributed by atoms with Crippen LogP contribution in [0.4, 0.5) is 0 Å². The molecule has 0 saturated heterocycles. The van der Waals surface area contributed by atoms with Gasteiger partial charge in [0.05, 0.1) is 0 Å². The quantitative estimate of drug-likeness (QED) is 0.754. The Balaban J connectivity index is 2.67. The molecule has 0 aromatic rings. The molecule has 1 saturated carbocycles. The van der Waals surface area contributed by atoms with Gasteiger partial charge in [-0.05, 0) is 62.6 Å². The van der Waals surface area contributed by atoms with Crippen LogP contribution in [0.5, 0.6) is 0 Å². The van der Waals surface area contributed by atoms with E-state index >= 15 is 0 Å². The minimum Gasteiger partial charge on any atom is -0.314 e. The summed E-state index contributed by atoms with van der Waals surface area (Å²) in [7, 11) is 0. The lowest BCUT2D eigenvalue weighted by molar-refractivity contribution is 0.0898. The molecule has 0 heterocycles. The summed E-state index contributed by atoms with van der Waals surface area (Å²) in [4.78, 5) is 2.61. The third-order valence-corrected chi connectivity index (χ3v) is 5.25. The van der Waals surface area contributed by atoms with Gasteiger partial charge in [-0.15, -0.1) is 0 Å². The van der Waals surface area contributed by atoms with Crippen LogP contribution in [0.1, 0.15) is 67.2 Å². The molecule has 2 heteroatoms. The summed E-state index contributed by atoms with van der Waals surface area (Å²) in [6.45, 7) is 19.0. The predicted octanol–water partition coefficient (Wildman–Crippen LogP) is 4.16. The maximum absolute atomic E-state index is 3.82. The van der Waals surface area contributed by atoms with Crippen LogP contribution in [0.3, 0.4) is 0 Å². The molecule has 1 aliphatic carbocycles. The van der Waals surface area contributed by atoms with Crippen LogP contribution >= 0.6 is 0 Å². The molecule has 0 aromatic heterocycles. The number of hydrogen-bond acceptors (Lipinski definition) is 2. The molecular formula is C18H38N2. The van der Waals surface area contributed by atoms with Crippen LogP contribution in [0.2, 0.25) is 0 Å². The van der Waals surface area contributed by atoms with Crippen LogP contribution in [0.25, 0.3) is 0 Å². The summed E-state index contributed by atoms with van der Waals surface area (Å²) in [5.41, 5.74) is 0.469. The zero-order chi connectivity index (χ0) is 15.2. The highest BCUT2D eigenvalue weighted by atomic mass is 15.1. The Morgan fingerprint density at radius 1 is 1.05 bits per heavy atom. The van der Waals surface area contributed by atoms with E-state index in [1.165, 1.54) is 51.9 Å². The van der Waals surface area contributed by atoms with Crippen molar-refractivity contribution in [1.29, 1.82) is 0 Å². The fraction of sp³-hybridized carbons (Fsp3) is 1.00. The van der Waals surface area contributed by atoms with Crippen LogP contribution in [-0.2, 0) is 0 Å². The first kappa shape index (κ1) is 18.0. The van der Waals surface area contributed by atoms with E-state index in [0.717, 1.165) is 17.9 Å². The molecule has 0 aliphatic heterocycles. The molecule has 0 bridgehead atoms. The standard InChI is InChI=1S/C18H38N2/c1-7-12-19-17-11-10-16(18(4,5)6)13-15(17)14-20(8-2)9-3/h15-17,19H,7-14H2,1-6H3. The van der Waals surface area contributed by atoms with E-state index < -0.39 is 0 Å². The van der Waals surface area contributed by atoms with Gasteiger partial charge in [0.15, 0.2) is 0 Å². The first-order chi connectivity index (χ1) is 9.42. The van der Waals surface area contributed by atoms with Gasteiger partial charge in [-0.25, -0.2) is 0 Å². The highest BCUT2D eigenvalue weighted by molar-refractivity contribution is 4.90. The Morgan fingerprint density at radius 2 is 1.70 bits per heavy atom. The topological polar surface area (TPSA) is 15.3 Å². The van der Waals surface area contributed by atoms with Crippen molar-refractivity contribution in [2.75, 3.05) is 26.2 Å². The highest BCUT2D eigenvalue weighted by Gasteiger charge is 2.35. The summed E-state index contributed by atoms with van der Waals surface area (Å²) in [5, 5.41) is 3.82. The third-order valence-electron chi connectivity index (χ3n) is 5.25.